The fourth-order valence-electron chi connectivity index (χ4n) is 4.14. The van der Waals surface area contributed by atoms with Gasteiger partial charge in [-0.25, -0.2) is 0 Å². The third-order valence-electron chi connectivity index (χ3n) is 6.25. The summed E-state index contributed by atoms with van der Waals surface area (Å²) in [5.41, 5.74) is 2.99. The van der Waals surface area contributed by atoms with Crippen LogP contribution in [0.2, 0.25) is 0 Å². The van der Waals surface area contributed by atoms with Crippen LogP contribution < -0.4 is 0 Å². The molecule has 0 saturated heterocycles. The Morgan fingerprint density at radius 2 is 1.21 bits per heavy atom. The largest absolute Gasteiger partial charge is 0.481 e. The summed E-state index contributed by atoms with van der Waals surface area (Å²) >= 11 is 0. The van der Waals surface area contributed by atoms with E-state index in [2.05, 4.69) is 25.7 Å². The first-order chi connectivity index (χ1) is 15.7. The minimum absolute atomic E-state index is 0.449. The molecule has 2 aromatic rings. The van der Waals surface area contributed by atoms with Gasteiger partial charge in [-0.15, -0.1) is 24.7 Å². The topological polar surface area (TPSA) is 74.6 Å². The SMILES string of the molecule is C#CCCCC(C(=O)O)c1cccc(C(C)(C)c2cccc(C(CCCC#C)C(=O)O)c2)c1. The lowest BCUT2D eigenvalue weighted by Crippen LogP contribution is -2.21. The number of hydrogen-bond acceptors (Lipinski definition) is 2. The molecule has 0 amide bonds. The Labute approximate surface area is 197 Å². The van der Waals surface area contributed by atoms with E-state index in [-0.39, 0.29) is 0 Å². The maximum Gasteiger partial charge on any atom is 0.310 e. The van der Waals surface area contributed by atoms with Crippen molar-refractivity contribution in [2.45, 2.75) is 69.6 Å². The van der Waals surface area contributed by atoms with Crippen molar-refractivity contribution in [2.75, 3.05) is 0 Å². The van der Waals surface area contributed by atoms with E-state index in [0.717, 1.165) is 22.3 Å². The van der Waals surface area contributed by atoms with E-state index in [1.54, 1.807) is 0 Å². The molecule has 0 spiro atoms. The molecule has 0 saturated carbocycles. The first-order valence-corrected chi connectivity index (χ1v) is 11.3. The molecule has 0 radical (unpaired) electrons. The highest BCUT2D eigenvalue weighted by molar-refractivity contribution is 5.77. The normalized spacial score (nSPS) is 12.8. The monoisotopic (exact) mass is 444 g/mol. The molecule has 33 heavy (non-hydrogen) atoms. The predicted molar refractivity (Wildman–Crippen MR) is 131 cm³/mol. The number of carbonyl (C=O) groups is 2. The summed E-state index contributed by atoms with van der Waals surface area (Å²) in [6.45, 7) is 4.13. The zero-order valence-corrected chi connectivity index (χ0v) is 19.4. The van der Waals surface area contributed by atoms with Crippen LogP contribution >= 0.6 is 0 Å². The number of unbranched alkanes of at least 4 members (excludes halogenated alkanes) is 2. The Kier molecular flexibility index (Phi) is 9.31. The minimum Gasteiger partial charge on any atom is -0.481 e. The van der Waals surface area contributed by atoms with Gasteiger partial charge in [0.05, 0.1) is 11.8 Å². The molecule has 2 N–H and O–H groups in total. The maximum absolute atomic E-state index is 11.9. The van der Waals surface area contributed by atoms with Gasteiger partial charge in [-0.2, -0.15) is 0 Å². The lowest BCUT2D eigenvalue weighted by molar-refractivity contribution is -0.140. The molecular weight excluding hydrogens is 412 g/mol. The third-order valence-corrected chi connectivity index (χ3v) is 6.25. The van der Waals surface area contributed by atoms with E-state index in [0.29, 0.717) is 38.5 Å². The number of carboxylic acid groups (broad SMARTS) is 2. The highest BCUT2D eigenvalue weighted by Gasteiger charge is 2.28. The lowest BCUT2D eigenvalue weighted by atomic mass is 9.75. The van der Waals surface area contributed by atoms with Crippen molar-refractivity contribution in [3.05, 3.63) is 70.8 Å². The van der Waals surface area contributed by atoms with Crippen molar-refractivity contribution in [1.29, 1.82) is 0 Å². The summed E-state index contributed by atoms with van der Waals surface area (Å²) in [6.07, 6.45) is 14.0. The molecule has 2 rings (SSSR count). The number of aliphatic carboxylic acids is 2. The molecule has 2 atom stereocenters. The van der Waals surface area contributed by atoms with Crippen LogP contribution in [0.3, 0.4) is 0 Å². The van der Waals surface area contributed by atoms with Crippen LogP contribution in [-0.2, 0) is 15.0 Å². The molecule has 0 aliphatic rings. The molecule has 0 aliphatic heterocycles. The van der Waals surface area contributed by atoms with Crippen molar-refractivity contribution < 1.29 is 19.8 Å². The minimum atomic E-state index is -0.861. The first kappa shape index (κ1) is 25.8. The van der Waals surface area contributed by atoms with Crippen LogP contribution in [0.5, 0.6) is 0 Å². The van der Waals surface area contributed by atoms with Gasteiger partial charge < -0.3 is 10.2 Å². The summed E-state index contributed by atoms with van der Waals surface area (Å²) in [4.78, 5) is 23.8. The molecule has 0 heterocycles. The van der Waals surface area contributed by atoms with Crippen LogP contribution in [0, 0.1) is 24.7 Å². The number of benzene rings is 2. The van der Waals surface area contributed by atoms with Crippen molar-refractivity contribution in [2.24, 2.45) is 0 Å². The number of rotatable bonds is 12. The Bertz CT molecular complexity index is 968. The zero-order valence-electron chi connectivity index (χ0n) is 19.4. The Morgan fingerprint density at radius 3 is 1.55 bits per heavy atom. The number of hydrogen-bond donors (Lipinski definition) is 2. The van der Waals surface area contributed by atoms with Gasteiger partial charge in [0.2, 0.25) is 0 Å². The van der Waals surface area contributed by atoms with Crippen LogP contribution in [0.4, 0.5) is 0 Å². The number of terminal acetylenes is 2. The average molecular weight is 445 g/mol. The van der Waals surface area contributed by atoms with Crippen molar-refractivity contribution in [1.82, 2.24) is 0 Å². The zero-order chi connectivity index (χ0) is 24.4. The lowest BCUT2D eigenvalue weighted by Gasteiger charge is -2.28. The number of carboxylic acids is 2. The quantitative estimate of drug-likeness (QED) is 0.313. The van der Waals surface area contributed by atoms with Gasteiger partial charge in [-0.3, -0.25) is 9.59 Å². The summed E-state index contributed by atoms with van der Waals surface area (Å²) in [6, 6.07) is 15.3. The van der Waals surface area contributed by atoms with E-state index in [1.165, 1.54) is 0 Å². The van der Waals surface area contributed by atoms with Gasteiger partial charge in [0.25, 0.3) is 0 Å². The molecular formula is C29H32O4. The molecule has 0 bridgehead atoms. The summed E-state index contributed by atoms with van der Waals surface area (Å²) in [5.74, 6) is 2.17. The van der Waals surface area contributed by atoms with E-state index in [4.69, 9.17) is 12.8 Å². The van der Waals surface area contributed by atoms with Gasteiger partial charge >= 0.3 is 11.9 Å². The fraction of sp³-hybridized carbons (Fsp3) is 0.379. The van der Waals surface area contributed by atoms with Gasteiger partial charge in [0.15, 0.2) is 0 Å². The van der Waals surface area contributed by atoms with Gasteiger partial charge in [0.1, 0.15) is 0 Å². The Hall–Kier alpha value is -3.50. The second-order valence-electron chi connectivity index (χ2n) is 8.85. The van der Waals surface area contributed by atoms with Crippen molar-refractivity contribution in [3.63, 3.8) is 0 Å². The molecule has 0 fully saturated rings. The second kappa shape index (κ2) is 11.9. The van der Waals surface area contributed by atoms with Gasteiger partial charge in [-0.05, 0) is 47.9 Å². The molecule has 0 aromatic heterocycles. The second-order valence-corrected chi connectivity index (χ2v) is 8.85. The Morgan fingerprint density at radius 1 is 0.818 bits per heavy atom. The maximum atomic E-state index is 11.9. The molecule has 2 unspecified atom stereocenters. The van der Waals surface area contributed by atoms with Crippen LogP contribution in [0.15, 0.2) is 48.5 Å². The molecule has 0 aliphatic carbocycles. The fourth-order valence-corrected chi connectivity index (χ4v) is 4.14. The highest BCUT2D eigenvalue weighted by Crippen LogP contribution is 2.36. The molecule has 2 aromatic carbocycles. The predicted octanol–water partition coefficient (Wildman–Crippen LogP) is 5.96. The van der Waals surface area contributed by atoms with E-state index >= 15 is 0 Å². The summed E-state index contributed by atoms with van der Waals surface area (Å²) < 4.78 is 0. The van der Waals surface area contributed by atoms with Crippen LogP contribution in [0.25, 0.3) is 0 Å². The van der Waals surface area contributed by atoms with Crippen molar-refractivity contribution in [3.8, 4) is 24.7 Å². The smallest absolute Gasteiger partial charge is 0.310 e. The van der Waals surface area contributed by atoms with E-state index < -0.39 is 29.2 Å². The van der Waals surface area contributed by atoms with E-state index in [9.17, 15) is 19.8 Å². The van der Waals surface area contributed by atoms with Crippen LogP contribution in [0.1, 0.15) is 86.5 Å². The van der Waals surface area contributed by atoms with Gasteiger partial charge in [-0.1, -0.05) is 62.4 Å². The molecule has 4 nitrogen and oxygen atoms in total. The summed E-state index contributed by atoms with van der Waals surface area (Å²) in [5, 5.41) is 19.5. The van der Waals surface area contributed by atoms with Gasteiger partial charge in [0, 0.05) is 18.3 Å². The van der Waals surface area contributed by atoms with Crippen LogP contribution in [-0.4, -0.2) is 22.2 Å². The Balaban J connectivity index is 2.38. The first-order valence-electron chi connectivity index (χ1n) is 11.3. The molecule has 4 heteroatoms. The summed E-state index contributed by atoms with van der Waals surface area (Å²) in [7, 11) is 0. The standard InChI is InChI=1S/C29H32O4/c1-5-7-9-17-25(27(30)31)21-13-11-15-23(19-21)29(3,4)24-16-12-14-22(20-24)26(28(32)33)18-10-8-6-2/h1-2,11-16,19-20,25-26H,7-10,17-18H2,3-4H3,(H,30,31)(H,32,33). The van der Waals surface area contributed by atoms with Crippen molar-refractivity contribution >= 4 is 11.9 Å². The van der Waals surface area contributed by atoms with E-state index in [1.807, 2.05) is 48.5 Å². The molecule has 172 valence electrons. The third kappa shape index (κ3) is 6.74. The highest BCUT2D eigenvalue weighted by atomic mass is 16.4. The average Bonchev–Trinajstić information content (AvgIpc) is 2.79.